The molecular formula is C13H20O5S. The van der Waals surface area contributed by atoms with Gasteiger partial charge in [0.05, 0.1) is 18.3 Å². The van der Waals surface area contributed by atoms with Crippen molar-refractivity contribution in [3.05, 3.63) is 0 Å². The number of hydrogen-bond donors (Lipinski definition) is 1. The number of rotatable bonds is 4. The molecule has 4 aliphatic carbocycles. The maximum Gasteiger partial charge on any atom is 0.309 e. The van der Waals surface area contributed by atoms with Crippen LogP contribution in [0.4, 0.5) is 0 Å². The van der Waals surface area contributed by atoms with E-state index in [0.29, 0.717) is 18.3 Å². The Balaban J connectivity index is 1.85. The van der Waals surface area contributed by atoms with Crippen molar-refractivity contribution >= 4 is 16.1 Å². The molecular weight excluding hydrogens is 268 g/mol. The lowest BCUT2D eigenvalue weighted by molar-refractivity contribution is -0.177. The topological polar surface area (TPSA) is 80.7 Å². The van der Waals surface area contributed by atoms with Gasteiger partial charge in [0, 0.05) is 0 Å². The van der Waals surface area contributed by atoms with Gasteiger partial charge in [-0.2, -0.15) is 8.42 Å². The predicted molar refractivity (Wildman–Crippen MR) is 68.0 cm³/mol. The van der Waals surface area contributed by atoms with E-state index in [4.69, 9.17) is 4.18 Å². The lowest BCUT2D eigenvalue weighted by Crippen LogP contribution is -2.56. The fourth-order valence-electron chi connectivity index (χ4n) is 5.10. The Hall–Kier alpha value is -0.620. The third-order valence-electron chi connectivity index (χ3n) is 5.22. The standard InChI is InChI=1S/C13H20O5S/c1-19(16,17)18-8-12-3-9-2-10(4-12)6-13(5-9,7-12)11(14)15/h9-10H,2-8H2,1H3,(H,14,15)/t9-,10+,12+,13-. The number of carbonyl (C=O) groups is 1. The highest BCUT2D eigenvalue weighted by Crippen LogP contribution is 2.65. The average Bonchev–Trinajstić information content (AvgIpc) is 2.24. The van der Waals surface area contributed by atoms with Gasteiger partial charge >= 0.3 is 5.97 Å². The van der Waals surface area contributed by atoms with Crippen LogP contribution in [0.15, 0.2) is 0 Å². The predicted octanol–water partition coefficient (Wildman–Crippen LogP) is 1.63. The molecule has 5 nitrogen and oxygen atoms in total. The fourth-order valence-corrected chi connectivity index (χ4v) is 5.57. The molecule has 0 amide bonds. The summed E-state index contributed by atoms with van der Waals surface area (Å²) in [4.78, 5) is 11.6. The van der Waals surface area contributed by atoms with E-state index >= 15 is 0 Å². The third kappa shape index (κ3) is 2.29. The summed E-state index contributed by atoms with van der Waals surface area (Å²) in [5.41, 5.74) is -0.851. The number of aliphatic carboxylic acids is 1. The third-order valence-corrected chi connectivity index (χ3v) is 5.76. The lowest BCUT2D eigenvalue weighted by Gasteiger charge is -2.60. The Labute approximate surface area is 113 Å². The Bertz CT molecular complexity index is 495. The van der Waals surface area contributed by atoms with E-state index in [2.05, 4.69) is 0 Å². The molecule has 1 N–H and O–H groups in total. The minimum absolute atomic E-state index is 0.161. The molecule has 4 saturated carbocycles. The molecule has 4 rings (SSSR count). The molecule has 4 fully saturated rings. The Morgan fingerprint density at radius 2 is 1.84 bits per heavy atom. The Kier molecular flexibility index (Phi) is 2.78. The summed E-state index contributed by atoms with van der Waals surface area (Å²) in [5, 5.41) is 9.56. The van der Waals surface area contributed by atoms with E-state index in [1.165, 1.54) is 0 Å². The zero-order valence-electron chi connectivity index (χ0n) is 11.1. The quantitative estimate of drug-likeness (QED) is 0.795. The first-order chi connectivity index (χ1) is 8.72. The summed E-state index contributed by atoms with van der Waals surface area (Å²) in [6.07, 6.45) is 6.12. The zero-order chi connectivity index (χ0) is 13.9. The fraction of sp³-hybridized carbons (Fsp3) is 0.923. The highest BCUT2D eigenvalue weighted by molar-refractivity contribution is 7.85. The van der Waals surface area contributed by atoms with Gasteiger partial charge in [0.1, 0.15) is 0 Å². The summed E-state index contributed by atoms with van der Waals surface area (Å²) in [6.45, 7) is 0.161. The van der Waals surface area contributed by atoms with Crippen LogP contribution in [-0.4, -0.2) is 32.4 Å². The Morgan fingerprint density at radius 1 is 1.26 bits per heavy atom. The van der Waals surface area contributed by atoms with Crippen LogP contribution in [0.3, 0.4) is 0 Å². The molecule has 0 aromatic carbocycles. The van der Waals surface area contributed by atoms with Crippen molar-refractivity contribution in [1.29, 1.82) is 0 Å². The van der Waals surface area contributed by atoms with Gasteiger partial charge in [0.2, 0.25) is 0 Å². The van der Waals surface area contributed by atoms with Crippen LogP contribution >= 0.6 is 0 Å². The molecule has 0 saturated heterocycles. The molecule has 0 unspecified atom stereocenters. The molecule has 0 heterocycles. The van der Waals surface area contributed by atoms with Crippen LogP contribution in [-0.2, 0) is 19.1 Å². The molecule has 4 atom stereocenters. The van der Waals surface area contributed by atoms with Crippen LogP contribution in [0, 0.1) is 22.7 Å². The first kappa shape index (κ1) is 13.4. The van der Waals surface area contributed by atoms with Gasteiger partial charge in [-0.3, -0.25) is 8.98 Å². The van der Waals surface area contributed by atoms with Crippen LogP contribution in [0.5, 0.6) is 0 Å². The maximum atomic E-state index is 11.6. The summed E-state index contributed by atoms with van der Waals surface area (Å²) in [5.74, 6) is 0.159. The number of hydrogen-bond acceptors (Lipinski definition) is 4. The first-order valence-corrected chi connectivity index (χ1v) is 8.62. The minimum Gasteiger partial charge on any atom is -0.481 e. The zero-order valence-corrected chi connectivity index (χ0v) is 11.9. The molecule has 19 heavy (non-hydrogen) atoms. The molecule has 4 bridgehead atoms. The van der Waals surface area contributed by atoms with Crippen molar-refractivity contribution in [2.75, 3.05) is 12.9 Å². The van der Waals surface area contributed by atoms with Crippen molar-refractivity contribution in [3.8, 4) is 0 Å². The minimum atomic E-state index is -3.46. The molecule has 4 aliphatic rings. The van der Waals surface area contributed by atoms with Crippen LogP contribution in [0.1, 0.15) is 38.5 Å². The maximum absolute atomic E-state index is 11.6. The number of carboxylic acids is 1. The molecule has 6 heteroatoms. The highest BCUT2D eigenvalue weighted by atomic mass is 32.2. The van der Waals surface area contributed by atoms with Crippen LogP contribution < -0.4 is 0 Å². The molecule has 108 valence electrons. The molecule has 0 aliphatic heterocycles. The smallest absolute Gasteiger partial charge is 0.309 e. The summed E-state index contributed by atoms with van der Waals surface area (Å²) in [7, 11) is -3.46. The second-order valence-electron chi connectivity index (χ2n) is 7.01. The van der Waals surface area contributed by atoms with E-state index in [9.17, 15) is 18.3 Å². The van der Waals surface area contributed by atoms with E-state index in [1.54, 1.807) is 0 Å². The summed E-state index contributed by atoms with van der Waals surface area (Å²) >= 11 is 0. The summed E-state index contributed by atoms with van der Waals surface area (Å²) < 4.78 is 27.4. The van der Waals surface area contributed by atoms with Gasteiger partial charge < -0.3 is 5.11 Å². The lowest BCUT2D eigenvalue weighted by atomic mass is 9.44. The van der Waals surface area contributed by atoms with Gasteiger partial charge in [-0.05, 0) is 55.8 Å². The van der Waals surface area contributed by atoms with E-state index in [-0.39, 0.29) is 12.0 Å². The summed E-state index contributed by atoms with van der Waals surface area (Å²) in [6, 6.07) is 0. The van der Waals surface area contributed by atoms with Crippen molar-refractivity contribution < 1.29 is 22.5 Å². The van der Waals surface area contributed by atoms with Crippen LogP contribution in [0.2, 0.25) is 0 Å². The van der Waals surface area contributed by atoms with E-state index in [0.717, 1.165) is 38.4 Å². The van der Waals surface area contributed by atoms with Crippen molar-refractivity contribution in [2.24, 2.45) is 22.7 Å². The van der Waals surface area contributed by atoms with Crippen molar-refractivity contribution in [1.82, 2.24) is 0 Å². The average molecular weight is 288 g/mol. The Morgan fingerprint density at radius 3 is 2.32 bits per heavy atom. The van der Waals surface area contributed by atoms with E-state index < -0.39 is 21.5 Å². The first-order valence-electron chi connectivity index (χ1n) is 6.80. The molecule has 0 aromatic rings. The van der Waals surface area contributed by atoms with E-state index in [1.807, 2.05) is 0 Å². The highest BCUT2D eigenvalue weighted by Gasteiger charge is 2.61. The van der Waals surface area contributed by atoms with Gasteiger partial charge in [-0.15, -0.1) is 0 Å². The monoisotopic (exact) mass is 288 g/mol. The largest absolute Gasteiger partial charge is 0.481 e. The van der Waals surface area contributed by atoms with Gasteiger partial charge in [0.25, 0.3) is 10.1 Å². The molecule has 0 radical (unpaired) electrons. The van der Waals surface area contributed by atoms with Gasteiger partial charge in [-0.25, -0.2) is 0 Å². The van der Waals surface area contributed by atoms with Crippen molar-refractivity contribution in [2.45, 2.75) is 38.5 Å². The second-order valence-corrected chi connectivity index (χ2v) is 8.66. The number of carboxylic acid groups (broad SMARTS) is 1. The normalized spacial score (nSPS) is 44.5. The SMILES string of the molecule is CS(=O)(=O)OC[C@@]12C[C@H]3C[C@@H](C1)C[C@](C(=O)O)(C3)C2. The van der Waals surface area contributed by atoms with Gasteiger partial charge in [-0.1, -0.05) is 0 Å². The van der Waals surface area contributed by atoms with Gasteiger partial charge in [0.15, 0.2) is 0 Å². The second kappa shape index (κ2) is 3.95. The molecule has 0 spiro atoms. The van der Waals surface area contributed by atoms with Crippen molar-refractivity contribution in [3.63, 3.8) is 0 Å². The van der Waals surface area contributed by atoms with Crippen LogP contribution in [0.25, 0.3) is 0 Å². The molecule has 0 aromatic heterocycles.